The highest BCUT2D eigenvalue weighted by molar-refractivity contribution is 7.90. The summed E-state index contributed by atoms with van der Waals surface area (Å²) >= 11 is 0. The van der Waals surface area contributed by atoms with Gasteiger partial charge in [0.05, 0.1) is 4.90 Å². The van der Waals surface area contributed by atoms with E-state index in [0.717, 1.165) is 45.2 Å². The topological polar surface area (TPSA) is 105 Å². The van der Waals surface area contributed by atoms with Crippen LogP contribution in [0.4, 0.5) is 0 Å². The number of nitrogens with one attached hydrogen (secondary N) is 1. The molecule has 0 radical (unpaired) electrons. The number of amides is 1. The van der Waals surface area contributed by atoms with E-state index < -0.39 is 10.0 Å². The molecule has 3 N–H and O–H groups in total. The van der Waals surface area contributed by atoms with E-state index in [1.807, 2.05) is 4.90 Å². The summed E-state index contributed by atoms with van der Waals surface area (Å²) in [5.74, 6) is 1.21. The first-order valence-electron chi connectivity index (χ1n) is 9.66. The van der Waals surface area contributed by atoms with E-state index in [9.17, 15) is 13.2 Å². The zero-order valence-corrected chi connectivity index (χ0v) is 16.4. The predicted molar refractivity (Wildman–Crippen MR) is 105 cm³/mol. The van der Waals surface area contributed by atoms with Crippen LogP contribution in [0.15, 0.2) is 34.2 Å². The quantitative estimate of drug-likeness (QED) is 0.686. The number of benzene rings is 1. The molecule has 1 saturated heterocycles. The standard InChI is InChI=1S/C19H28N4O3S/c20-14-15-9-12-23(13-10-15)18(24)8-2-1-5-11-21-19-16-6-3-4-7-17(16)27(25,26)22-19/h3-4,6-7,15H,1-2,5,8-14,20H2,(H,21,22). The predicted octanol–water partition coefficient (Wildman–Crippen LogP) is 1.48. The summed E-state index contributed by atoms with van der Waals surface area (Å²) in [6, 6.07) is 6.86. The molecule has 8 heteroatoms. The Morgan fingerprint density at radius 1 is 1.19 bits per heavy atom. The second-order valence-corrected chi connectivity index (χ2v) is 8.85. The van der Waals surface area contributed by atoms with Crippen LogP contribution in [0.1, 0.15) is 44.1 Å². The van der Waals surface area contributed by atoms with Crippen molar-refractivity contribution in [1.82, 2.24) is 9.62 Å². The highest BCUT2D eigenvalue weighted by atomic mass is 32.2. The van der Waals surface area contributed by atoms with Gasteiger partial charge in [-0.25, -0.2) is 8.42 Å². The Labute approximate surface area is 161 Å². The van der Waals surface area contributed by atoms with Crippen molar-refractivity contribution in [1.29, 1.82) is 0 Å². The van der Waals surface area contributed by atoms with Gasteiger partial charge in [0.1, 0.15) is 5.84 Å². The van der Waals surface area contributed by atoms with Gasteiger partial charge in [0.2, 0.25) is 5.91 Å². The summed E-state index contributed by atoms with van der Waals surface area (Å²) in [6.45, 7) is 2.91. The van der Waals surface area contributed by atoms with Crippen LogP contribution in [-0.4, -0.2) is 51.2 Å². The normalized spacial score (nSPS) is 20.5. The Morgan fingerprint density at radius 2 is 1.93 bits per heavy atom. The average Bonchev–Trinajstić information content (AvgIpc) is 2.95. The summed E-state index contributed by atoms with van der Waals surface area (Å²) in [5.41, 5.74) is 6.32. The third kappa shape index (κ3) is 4.87. The van der Waals surface area contributed by atoms with E-state index in [2.05, 4.69) is 9.71 Å². The molecule has 0 aromatic heterocycles. The van der Waals surface area contributed by atoms with E-state index in [1.54, 1.807) is 24.3 Å². The number of unbranched alkanes of at least 4 members (excludes halogenated alkanes) is 2. The Morgan fingerprint density at radius 3 is 2.67 bits per heavy atom. The molecule has 0 atom stereocenters. The van der Waals surface area contributed by atoms with Crippen molar-refractivity contribution in [2.24, 2.45) is 16.6 Å². The van der Waals surface area contributed by atoms with Crippen molar-refractivity contribution < 1.29 is 13.2 Å². The molecule has 1 amide bonds. The molecule has 0 aliphatic carbocycles. The molecule has 1 aromatic rings. The third-order valence-corrected chi connectivity index (χ3v) is 6.68. The molecule has 2 aliphatic rings. The lowest BCUT2D eigenvalue weighted by molar-refractivity contribution is -0.132. The minimum Gasteiger partial charge on any atom is -0.343 e. The van der Waals surface area contributed by atoms with Gasteiger partial charge < -0.3 is 10.6 Å². The number of carbonyl (C=O) groups excluding carboxylic acids is 1. The van der Waals surface area contributed by atoms with Gasteiger partial charge in [-0.15, -0.1) is 0 Å². The van der Waals surface area contributed by atoms with Crippen LogP contribution in [0.5, 0.6) is 0 Å². The number of aliphatic imine (C=N–C) groups is 1. The van der Waals surface area contributed by atoms with Crippen LogP contribution in [0.25, 0.3) is 0 Å². The Balaban J connectivity index is 1.38. The number of nitrogens with zero attached hydrogens (tertiary/aromatic N) is 2. The molecule has 7 nitrogen and oxygen atoms in total. The van der Waals surface area contributed by atoms with Crippen LogP contribution >= 0.6 is 0 Å². The van der Waals surface area contributed by atoms with E-state index in [4.69, 9.17) is 5.73 Å². The first kappa shape index (κ1) is 19.8. The smallest absolute Gasteiger partial charge is 0.263 e. The molecular formula is C19H28N4O3S. The molecule has 1 fully saturated rings. The number of carbonyl (C=O) groups is 1. The number of fused-ring (bicyclic) bond motifs is 1. The molecule has 2 aliphatic heterocycles. The summed E-state index contributed by atoms with van der Waals surface area (Å²) in [5, 5.41) is 0. The Kier molecular flexibility index (Phi) is 6.49. The van der Waals surface area contributed by atoms with Gasteiger partial charge in [0, 0.05) is 31.6 Å². The molecule has 27 heavy (non-hydrogen) atoms. The molecule has 148 valence electrons. The van der Waals surface area contributed by atoms with E-state index in [1.165, 1.54) is 0 Å². The van der Waals surface area contributed by atoms with Gasteiger partial charge >= 0.3 is 0 Å². The molecule has 0 saturated carbocycles. The van der Waals surface area contributed by atoms with Gasteiger partial charge in [-0.3, -0.25) is 14.5 Å². The number of nitrogens with two attached hydrogens (primary N) is 1. The number of amidine groups is 1. The van der Waals surface area contributed by atoms with Crippen LogP contribution in [0.3, 0.4) is 0 Å². The zero-order valence-electron chi connectivity index (χ0n) is 15.6. The number of hydrogen-bond donors (Lipinski definition) is 2. The number of piperidine rings is 1. The lowest BCUT2D eigenvalue weighted by Gasteiger charge is -2.31. The fourth-order valence-electron chi connectivity index (χ4n) is 3.58. The summed E-state index contributed by atoms with van der Waals surface area (Å²) in [7, 11) is -3.47. The van der Waals surface area contributed by atoms with Gasteiger partial charge in [0.25, 0.3) is 10.0 Å². The zero-order chi connectivity index (χ0) is 19.3. The summed E-state index contributed by atoms with van der Waals surface area (Å²) < 4.78 is 26.6. The maximum Gasteiger partial charge on any atom is 0.263 e. The van der Waals surface area contributed by atoms with Crippen molar-refractivity contribution in [2.45, 2.75) is 43.4 Å². The first-order chi connectivity index (χ1) is 13.0. The van der Waals surface area contributed by atoms with Gasteiger partial charge in [-0.2, -0.15) is 0 Å². The fourth-order valence-corrected chi connectivity index (χ4v) is 4.83. The molecule has 2 heterocycles. The van der Waals surface area contributed by atoms with Crippen LogP contribution < -0.4 is 10.5 Å². The maximum absolute atomic E-state index is 12.2. The number of rotatable bonds is 7. The number of hydrogen-bond acceptors (Lipinski definition) is 5. The van der Waals surface area contributed by atoms with Gasteiger partial charge in [-0.1, -0.05) is 18.6 Å². The highest BCUT2D eigenvalue weighted by Gasteiger charge is 2.29. The molecule has 0 unspecified atom stereocenters. The number of likely N-dealkylation sites (tertiary alicyclic amines) is 1. The van der Waals surface area contributed by atoms with Crippen molar-refractivity contribution in [3.05, 3.63) is 29.8 Å². The Hall–Kier alpha value is -1.93. The minimum atomic E-state index is -3.47. The van der Waals surface area contributed by atoms with Crippen molar-refractivity contribution in [3.8, 4) is 0 Å². The molecular weight excluding hydrogens is 364 g/mol. The lowest BCUT2D eigenvalue weighted by Crippen LogP contribution is -2.39. The molecule has 3 rings (SSSR count). The lowest BCUT2D eigenvalue weighted by atomic mass is 9.97. The van der Waals surface area contributed by atoms with Crippen LogP contribution in [0, 0.1) is 5.92 Å². The average molecular weight is 393 g/mol. The summed E-state index contributed by atoms with van der Waals surface area (Å²) in [6.07, 6.45) is 5.16. The van der Waals surface area contributed by atoms with E-state index in [0.29, 0.717) is 36.8 Å². The third-order valence-electron chi connectivity index (χ3n) is 5.28. The second-order valence-electron chi connectivity index (χ2n) is 7.20. The van der Waals surface area contributed by atoms with E-state index in [-0.39, 0.29) is 10.8 Å². The van der Waals surface area contributed by atoms with E-state index >= 15 is 0 Å². The molecule has 0 bridgehead atoms. The first-order valence-corrected chi connectivity index (χ1v) is 11.1. The van der Waals surface area contributed by atoms with Gasteiger partial charge in [0.15, 0.2) is 0 Å². The highest BCUT2D eigenvalue weighted by Crippen LogP contribution is 2.22. The minimum absolute atomic E-state index is 0.231. The largest absolute Gasteiger partial charge is 0.343 e. The van der Waals surface area contributed by atoms with Crippen LogP contribution in [-0.2, 0) is 14.8 Å². The monoisotopic (exact) mass is 392 g/mol. The summed E-state index contributed by atoms with van der Waals surface area (Å²) in [4.78, 5) is 18.9. The second kappa shape index (κ2) is 8.84. The Bertz CT molecular complexity index is 799. The van der Waals surface area contributed by atoms with Crippen LogP contribution in [0.2, 0.25) is 0 Å². The van der Waals surface area contributed by atoms with Crippen molar-refractivity contribution >= 4 is 21.8 Å². The van der Waals surface area contributed by atoms with Gasteiger partial charge in [-0.05, 0) is 50.3 Å². The van der Waals surface area contributed by atoms with Crippen molar-refractivity contribution in [2.75, 3.05) is 26.2 Å². The number of sulfonamides is 1. The fraction of sp³-hybridized carbons (Fsp3) is 0.579. The van der Waals surface area contributed by atoms with Crippen molar-refractivity contribution in [3.63, 3.8) is 0 Å². The molecule has 1 aromatic carbocycles. The molecule has 0 spiro atoms. The SMILES string of the molecule is NCC1CCN(C(=O)CCCCCN=C2NS(=O)(=O)c3ccccc32)CC1. The maximum atomic E-state index is 12.2.